The van der Waals surface area contributed by atoms with Crippen LogP contribution in [0.25, 0.3) is 86.8 Å². The van der Waals surface area contributed by atoms with Crippen molar-refractivity contribution >= 4 is 81.3 Å². The summed E-state index contributed by atoms with van der Waals surface area (Å²) in [6.07, 6.45) is 1.90. The highest BCUT2D eigenvalue weighted by molar-refractivity contribution is 7.25. The van der Waals surface area contributed by atoms with Crippen LogP contribution in [0, 0.1) is 0 Å². The Kier molecular flexibility index (Phi) is 4.67. The van der Waals surface area contributed by atoms with Crippen LogP contribution in [0.1, 0.15) is 0 Å². The number of aromatic nitrogens is 2. The fourth-order valence-electron chi connectivity index (χ4n) is 6.66. The molecule has 0 atom stereocenters. The van der Waals surface area contributed by atoms with Gasteiger partial charge in [-0.05, 0) is 71.8 Å². The SMILES string of the molecule is C=Cn1c2ccccc2c2cc(-c3ccc4c(c3)c3ccccc3n4-c3ccc4sc5ccccc5c4c3)ccc21. The Morgan fingerprint density at radius 3 is 1.80 bits per heavy atom. The van der Waals surface area contributed by atoms with Gasteiger partial charge in [-0.1, -0.05) is 73.3 Å². The molecule has 0 N–H and O–H groups in total. The molecule has 0 amide bonds. The first-order valence-electron chi connectivity index (χ1n) is 13.9. The van der Waals surface area contributed by atoms with Crippen LogP contribution >= 0.6 is 11.3 Å². The molecule has 3 aromatic heterocycles. The zero-order valence-electron chi connectivity index (χ0n) is 22.2. The standard InChI is InChI=1S/C38H24N2S/c1-2-39-33-12-6-3-9-27(33)30-21-24(15-18-34(30)39)25-16-19-36-31(22-25)28-10-4-7-13-35(28)40(36)26-17-20-38-32(23-26)29-11-5-8-14-37(29)41-38/h2-23H,1H2. The number of thiophene rings is 1. The molecule has 3 heterocycles. The highest BCUT2D eigenvalue weighted by atomic mass is 32.1. The third-order valence-electron chi connectivity index (χ3n) is 8.52. The van der Waals surface area contributed by atoms with E-state index in [2.05, 4.69) is 143 Å². The van der Waals surface area contributed by atoms with Crippen LogP contribution in [0.4, 0.5) is 0 Å². The maximum absolute atomic E-state index is 4.06. The molecule has 41 heavy (non-hydrogen) atoms. The van der Waals surface area contributed by atoms with Gasteiger partial charge in [0.1, 0.15) is 0 Å². The summed E-state index contributed by atoms with van der Waals surface area (Å²) in [6.45, 7) is 4.06. The van der Waals surface area contributed by atoms with E-state index in [0.29, 0.717) is 0 Å². The summed E-state index contributed by atoms with van der Waals surface area (Å²) in [5.41, 5.74) is 8.44. The Morgan fingerprint density at radius 2 is 1.02 bits per heavy atom. The lowest BCUT2D eigenvalue weighted by molar-refractivity contribution is 1.19. The van der Waals surface area contributed by atoms with Gasteiger partial charge in [0.25, 0.3) is 0 Å². The summed E-state index contributed by atoms with van der Waals surface area (Å²) in [7, 11) is 0. The fraction of sp³-hybridized carbons (Fsp3) is 0. The van der Waals surface area contributed by atoms with Crippen LogP contribution in [0.3, 0.4) is 0 Å². The van der Waals surface area contributed by atoms with Gasteiger partial charge in [0.2, 0.25) is 0 Å². The van der Waals surface area contributed by atoms with Crippen molar-refractivity contribution in [1.29, 1.82) is 0 Å². The van der Waals surface area contributed by atoms with Gasteiger partial charge in [0.15, 0.2) is 0 Å². The molecule has 0 aliphatic carbocycles. The number of nitrogens with zero attached hydrogens (tertiary/aromatic N) is 2. The Bertz CT molecular complexity index is 2500. The average molecular weight is 541 g/mol. The van der Waals surface area contributed by atoms with Crippen molar-refractivity contribution < 1.29 is 0 Å². The maximum Gasteiger partial charge on any atom is 0.0541 e. The number of para-hydroxylation sites is 2. The molecule has 0 saturated heterocycles. The number of rotatable bonds is 3. The minimum Gasteiger partial charge on any atom is -0.317 e. The van der Waals surface area contributed by atoms with E-state index in [1.807, 2.05) is 17.5 Å². The molecule has 0 radical (unpaired) electrons. The zero-order chi connectivity index (χ0) is 27.1. The van der Waals surface area contributed by atoms with E-state index in [4.69, 9.17) is 0 Å². The molecule has 3 heteroatoms. The molecule has 0 saturated carbocycles. The predicted molar refractivity (Wildman–Crippen MR) is 178 cm³/mol. The van der Waals surface area contributed by atoms with E-state index in [0.717, 1.165) is 0 Å². The normalized spacial score (nSPS) is 12.0. The maximum atomic E-state index is 4.06. The van der Waals surface area contributed by atoms with Crippen molar-refractivity contribution in [3.8, 4) is 16.8 Å². The first-order chi connectivity index (χ1) is 20.3. The first-order valence-corrected chi connectivity index (χ1v) is 14.7. The third-order valence-corrected chi connectivity index (χ3v) is 9.67. The minimum atomic E-state index is 1.18. The fourth-order valence-corrected chi connectivity index (χ4v) is 7.75. The lowest BCUT2D eigenvalue weighted by atomic mass is 10.0. The van der Waals surface area contributed by atoms with Gasteiger partial charge < -0.3 is 9.13 Å². The summed E-state index contributed by atoms with van der Waals surface area (Å²) < 4.78 is 7.26. The van der Waals surface area contributed by atoms with Crippen LogP contribution in [-0.4, -0.2) is 9.13 Å². The number of hydrogen-bond donors (Lipinski definition) is 0. The van der Waals surface area contributed by atoms with Gasteiger partial charge in [0, 0.05) is 53.6 Å². The third kappa shape index (κ3) is 3.18. The Labute approximate surface area is 240 Å². The van der Waals surface area contributed by atoms with Gasteiger partial charge in [-0.3, -0.25) is 0 Å². The van der Waals surface area contributed by atoms with Crippen molar-refractivity contribution in [3.63, 3.8) is 0 Å². The van der Waals surface area contributed by atoms with E-state index < -0.39 is 0 Å². The molecule has 0 spiro atoms. The van der Waals surface area contributed by atoms with Gasteiger partial charge in [0.05, 0.1) is 22.1 Å². The van der Waals surface area contributed by atoms with Crippen LogP contribution in [0.2, 0.25) is 0 Å². The Balaban J connectivity index is 1.27. The van der Waals surface area contributed by atoms with E-state index in [1.165, 1.54) is 80.6 Å². The highest BCUT2D eigenvalue weighted by Gasteiger charge is 2.16. The second kappa shape index (κ2) is 8.44. The summed E-state index contributed by atoms with van der Waals surface area (Å²) in [4.78, 5) is 0. The van der Waals surface area contributed by atoms with Gasteiger partial charge >= 0.3 is 0 Å². The summed E-state index contributed by atoms with van der Waals surface area (Å²) in [6, 6.07) is 46.6. The molecule has 192 valence electrons. The molecular weight excluding hydrogens is 516 g/mol. The lowest BCUT2D eigenvalue weighted by Crippen LogP contribution is -1.93. The van der Waals surface area contributed by atoms with Gasteiger partial charge in [-0.25, -0.2) is 0 Å². The molecule has 0 aliphatic rings. The van der Waals surface area contributed by atoms with Crippen molar-refractivity contribution in [2.45, 2.75) is 0 Å². The topological polar surface area (TPSA) is 9.86 Å². The van der Waals surface area contributed by atoms with E-state index in [-0.39, 0.29) is 0 Å². The van der Waals surface area contributed by atoms with Crippen molar-refractivity contribution in [2.24, 2.45) is 0 Å². The monoisotopic (exact) mass is 540 g/mol. The van der Waals surface area contributed by atoms with E-state index >= 15 is 0 Å². The van der Waals surface area contributed by atoms with Crippen molar-refractivity contribution in [2.75, 3.05) is 0 Å². The van der Waals surface area contributed by atoms with Crippen LogP contribution in [0.15, 0.2) is 134 Å². The summed E-state index contributed by atoms with van der Waals surface area (Å²) in [5.74, 6) is 0. The molecule has 0 bridgehead atoms. The van der Waals surface area contributed by atoms with Crippen LogP contribution < -0.4 is 0 Å². The van der Waals surface area contributed by atoms with Gasteiger partial charge in [-0.15, -0.1) is 11.3 Å². The summed E-state index contributed by atoms with van der Waals surface area (Å²) >= 11 is 1.86. The lowest BCUT2D eigenvalue weighted by Gasteiger charge is -2.09. The molecule has 0 aliphatic heterocycles. The zero-order valence-corrected chi connectivity index (χ0v) is 23.0. The quantitative estimate of drug-likeness (QED) is 0.211. The molecule has 6 aromatic carbocycles. The Hall–Kier alpha value is -5.12. The predicted octanol–water partition coefficient (Wildman–Crippen LogP) is 11.0. The molecule has 9 aromatic rings. The smallest absolute Gasteiger partial charge is 0.0541 e. The van der Waals surface area contributed by atoms with Crippen molar-refractivity contribution in [3.05, 3.63) is 134 Å². The van der Waals surface area contributed by atoms with E-state index in [9.17, 15) is 0 Å². The molecular formula is C38H24N2S. The molecule has 2 nitrogen and oxygen atoms in total. The average Bonchev–Trinajstić information content (AvgIpc) is 3.67. The second-order valence-corrected chi connectivity index (χ2v) is 11.7. The second-order valence-electron chi connectivity index (χ2n) is 10.7. The minimum absolute atomic E-state index is 1.18. The Morgan fingerprint density at radius 1 is 0.463 bits per heavy atom. The van der Waals surface area contributed by atoms with E-state index in [1.54, 1.807) is 0 Å². The number of hydrogen-bond acceptors (Lipinski definition) is 1. The largest absolute Gasteiger partial charge is 0.317 e. The molecule has 9 rings (SSSR count). The highest BCUT2D eigenvalue weighted by Crippen LogP contribution is 2.39. The summed E-state index contributed by atoms with van der Waals surface area (Å²) in [5, 5.41) is 7.67. The number of fused-ring (bicyclic) bond motifs is 9. The first kappa shape index (κ1) is 22.7. The van der Waals surface area contributed by atoms with Crippen molar-refractivity contribution in [1.82, 2.24) is 9.13 Å². The molecule has 0 fully saturated rings. The molecule has 0 unspecified atom stereocenters. The van der Waals surface area contributed by atoms with Crippen LogP contribution in [-0.2, 0) is 0 Å². The number of benzene rings is 6. The van der Waals surface area contributed by atoms with Crippen LogP contribution in [0.5, 0.6) is 0 Å². The van der Waals surface area contributed by atoms with Gasteiger partial charge in [-0.2, -0.15) is 0 Å².